The van der Waals surface area contributed by atoms with E-state index in [1.54, 1.807) is 48.5 Å². The van der Waals surface area contributed by atoms with Crippen LogP contribution >= 0.6 is 22.7 Å². The van der Waals surface area contributed by atoms with Crippen molar-refractivity contribution >= 4 is 65.2 Å². The number of nitrogens with zero attached hydrogens (tertiary/aromatic N) is 2. The topological polar surface area (TPSA) is 112 Å². The van der Waals surface area contributed by atoms with Crippen molar-refractivity contribution in [1.82, 2.24) is 9.97 Å². The molecule has 9 nitrogen and oxygen atoms in total. The number of aromatic nitrogens is 2. The molecule has 0 bridgehead atoms. The van der Waals surface area contributed by atoms with Crippen LogP contribution in [0.3, 0.4) is 0 Å². The Balaban J connectivity index is 1.05. The van der Waals surface area contributed by atoms with Crippen molar-refractivity contribution in [2.75, 3.05) is 23.8 Å². The lowest BCUT2D eigenvalue weighted by molar-refractivity contribution is 0.101. The quantitative estimate of drug-likeness (QED) is 0.162. The summed E-state index contributed by atoms with van der Waals surface area (Å²) in [6.45, 7) is 5.03. The molecule has 43 heavy (non-hydrogen) atoms. The first kappa shape index (κ1) is 28.1. The Bertz CT molecular complexity index is 1780. The van der Waals surface area contributed by atoms with Crippen molar-refractivity contribution in [2.45, 2.75) is 13.8 Å². The zero-order chi connectivity index (χ0) is 29.8. The molecule has 6 rings (SSSR count). The van der Waals surface area contributed by atoms with Gasteiger partial charge in [0.2, 0.25) is 0 Å². The molecule has 0 unspecified atom stereocenters. The van der Waals surface area contributed by atoms with Gasteiger partial charge < -0.3 is 14.2 Å². The Kier molecular flexibility index (Phi) is 8.16. The number of carbonyl (C=O) groups is 2. The fourth-order valence-corrected chi connectivity index (χ4v) is 6.03. The van der Waals surface area contributed by atoms with Crippen LogP contribution in [0.4, 0.5) is 10.3 Å². The van der Waals surface area contributed by atoms with Gasteiger partial charge in [-0.3, -0.25) is 20.2 Å². The van der Waals surface area contributed by atoms with Crippen LogP contribution in [0.2, 0.25) is 0 Å². The second-order valence-corrected chi connectivity index (χ2v) is 11.3. The number of carbonyl (C=O) groups excluding carboxylic acids is 2. The Morgan fingerprint density at radius 2 is 1.00 bits per heavy atom. The summed E-state index contributed by atoms with van der Waals surface area (Å²) in [6, 6.07) is 24.9. The average molecular weight is 611 g/mol. The Labute approximate surface area is 255 Å². The van der Waals surface area contributed by atoms with Gasteiger partial charge in [0.25, 0.3) is 11.8 Å². The molecule has 0 aliphatic rings. The molecule has 2 N–H and O–H groups in total. The zero-order valence-corrected chi connectivity index (χ0v) is 24.9. The monoisotopic (exact) mass is 610 g/mol. The van der Waals surface area contributed by atoms with E-state index in [9.17, 15) is 9.59 Å². The van der Waals surface area contributed by atoms with E-state index in [0.29, 0.717) is 46.1 Å². The number of amides is 2. The first-order valence-electron chi connectivity index (χ1n) is 13.5. The maximum atomic E-state index is 12.8. The minimum Gasteiger partial charge on any atom is -0.494 e. The number of anilines is 2. The van der Waals surface area contributed by atoms with Crippen LogP contribution in [-0.4, -0.2) is 35.0 Å². The maximum absolute atomic E-state index is 12.8. The van der Waals surface area contributed by atoms with E-state index >= 15 is 0 Å². The molecule has 0 radical (unpaired) electrons. The van der Waals surface area contributed by atoms with Gasteiger partial charge in [-0.25, -0.2) is 9.97 Å². The largest absolute Gasteiger partial charge is 0.494 e. The van der Waals surface area contributed by atoms with Gasteiger partial charge in [0, 0.05) is 11.1 Å². The van der Waals surface area contributed by atoms with E-state index in [4.69, 9.17) is 14.2 Å². The molecule has 0 aliphatic heterocycles. The third kappa shape index (κ3) is 6.58. The van der Waals surface area contributed by atoms with Crippen LogP contribution in [0.25, 0.3) is 20.4 Å². The Morgan fingerprint density at radius 1 is 0.605 bits per heavy atom. The Hall–Kier alpha value is -5.00. The molecule has 4 aromatic carbocycles. The highest BCUT2D eigenvalue weighted by Gasteiger charge is 2.13. The van der Waals surface area contributed by atoms with Crippen LogP contribution in [0, 0.1) is 0 Å². The number of fused-ring (bicyclic) bond motifs is 2. The molecule has 0 saturated carbocycles. The third-order valence-corrected chi connectivity index (χ3v) is 8.12. The fraction of sp³-hybridized carbons (Fsp3) is 0.125. The number of thiazole rings is 2. The molecule has 2 aromatic heterocycles. The average Bonchev–Trinajstić information content (AvgIpc) is 3.60. The molecule has 0 aliphatic carbocycles. The minimum atomic E-state index is -0.270. The summed E-state index contributed by atoms with van der Waals surface area (Å²) in [5, 5.41) is 6.74. The second kappa shape index (κ2) is 12.5. The van der Waals surface area contributed by atoms with Gasteiger partial charge in [-0.05, 0) is 98.8 Å². The number of nitrogens with one attached hydrogen (secondary N) is 2. The number of ether oxygens (including phenoxy) is 3. The molecular weight excluding hydrogens is 585 g/mol. The smallest absolute Gasteiger partial charge is 0.257 e. The zero-order valence-electron chi connectivity index (χ0n) is 23.2. The highest BCUT2D eigenvalue weighted by molar-refractivity contribution is 7.22. The van der Waals surface area contributed by atoms with E-state index in [-0.39, 0.29) is 11.8 Å². The normalized spacial score (nSPS) is 10.9. The van der Waals surface area contributed by atoms with Crippen LogP contribution in [0.15, 0.2) is 84.9 Å². The SMILES string of the molecule is CCOc1ccc2nc(NC(=O)c3ccc(Oc4ccc(C(=O)Nc5nc6ccc(OCC)cc6s5)cc4)cc3)sc2c1. The van der Waals surface area contributed by atoms with E-state index in [1.165, 1.54) is 22.7 Å². The predicted molar refractivity (Wildman–Crippen MR) is 170 cm³/mol. The highest BCUT2D eigenvalue weighted by atomic mass is 32.1. The molecular formula is C32H26N4O5S2. The summed E-state index contributed by atoms with van der Waals surface area (Å²) in [4.78, 5) is 34.6. The van der Waals surface area contributed by atoms with Crippen molar-refractivity contribution in [3.8, 4) is 23.0 Å². The van der Waals surface area contributed by atoms with Gasteiger partial charge >= 0.3 is 0 Å². The van der Waals surface area contributed by atoms with Crippen molar-refractivity contribution in [3.63, 3.8) is 0 Å². The first-order valence-corrected chi connectivity index (χ1v) is 15.2. The molecule has 0 fully saturated rings. The summed E-state index contributed by atoms with van der Waals surface area (Å²) < 4.78 is 18.9. The van der Waals surface area contributed by atoms with Gasteiger partial charge in [-0.15, -0.1) is 0 Å². The van der Waals surface area contributed by atoms with E-state index < -0.39 is 0 Å². The molecule has 0 atom stereocenters. The van der Waals surface area contributed by atoms with Crippen molar-refractivity contribution in [2.24, 2.45) is 0 Å². The standard InChI is InChI=1S/C32H26N4O5S2/c1-3-39-23-13-15-25-27(17-23)42-31(33-25)35-29(37)19-5-9-21(10-6-19)41-22-11-7-20(8-12-22)30(38)36-32-34-26-16-14-24(40-4-2)18-28(26)43-32/h5-18H,3-4H2,1-2H3,(H,33,35,37)(H,34,36,38). The maximum Gasteiger partial charge on any atom is 0.257 e. The molecule has 0 spiro atoms. The van der Waals surface area contributed by atoms with Gasteiger partial charge in [0.15, 0.2) is 10.3 Å². The van der Waals surface area contributed by atoms with Crippen LogP contribution in [0.1, 0.15) is 34.6 Å². The summed E-state index contributed by atoms with van der Waals surface area (Å²) in [5.41, 5.74) is 2.53. The third-order valence-electron chi connectivity index (χ3n) is 6.25. The van der Waals surface area contributed by atoms with Crippen molar-refractivity contribution < 1.29 is 23.8 Å². The van der Waals surface area contributed by atoms with Gasteiger partial charge in [-0.2, -0.15) is 0 Å². The highest BCUT2D eigenvalue weighted by Crippen LogP contribution is 2.31. The van der Waals surface area contributed by atoms with Gasteiger partial charge in [0.05, 0.1) is 33.6 Å². The predicted octanol–water partition coefficient (Wildman–Crippen LogP) is 8.00. The van der Waals surface area contributed by atoms with E-state index in [2.05, 4.69) is 20.6 Å². The molecule has 6 aromatic rings. The molecule has 0 saturated heterocycles. The van der Waals surface area contributed by atoms with Gasteiger partial charge in [-0.1, -0.05) is 22.7 Å². The fourth-order valence-electron chi connectivity index (χ4n) is 4.25. The molecule has 2 amide bonds. The number of hydrogen-bond donors (Lipinski definition) is 2. The van der Waals surface area contributed by atoms with Crippen LogP contribution in [-0.2, 0) is 0 Å². The van der Waals surface area contributed by atoms with Crippen LogP contribution in [0.5, 0.6) is 23.0 Å². The van der Waals surface area contributed by atoms with E-state index in [1.807, 2.05) is 50.2 Å². The molecule has 2 heterocycles. The lowest BCUT2D eigenvalue weighted by Crippen LogP contribution is -2.11. The number of hydrogen-bond acceptors (Lipinski definition) is 9. The van der Waals surface area contributed by atoms with Gasteiger partial charge in [0.1, 0.15) is 23.0 Å². The lowest BCUT2D eigenvalue weighted by Gasteiger charge is -2.08. The second-order valence-electron chi connectivity index (χ2n) is 9.22. The molecule has 216 valence electrons. The lowest BCUT2D eigenvalue weighted by atomic mass is 10.2. The summed E-state index contributed by atoms with van der Waals surface area (Å²) in [5.74, 6) is 2.11. The number of benzene rings is 4. The first-order chi connectivity index (χ1) is 21.0. The molecule has 11 heteroatoms. The van der Waals surface area contributed by atoms with Crippen LogP contribution < -0.4 is 24.8 Å². The summed E-state index contributed by atoms with van der Waals surface area (Å²) >= 11 is 2.78. The van der Waals surface area contributed by atoms with Crippen molar-refractivity contribution in [1.29, 1.82) is 0 Å². The number of rotatable bonds is 10. The van der Waals surface area contributed by atoms with Crippen molar-refractivity contribution in [3.05, 3.63) is 96.1 Å². The summed E-state index contributed by atoms with van der Waals surface area (Å²) in [7, 11) is 0. The minimum absolute atomic E-state index is 0.270. The van der Waals surface area contributed by atoms with E-state index in [0.717, 1.165) is 31.9 Å². The summed E-state index contributed by atoms with van der Waals surface area (Å²) in [6.07, 6.45) is 0. The Morgan fingerprint density at radius 3 is 1.40 bits per heavy atom.